The van der Waals surface area contributed by atoms with Crippen LogP contribution in [0.5, 0.6) is 0 Å². The van der Waals surface area contributed by atoms with E-state index in [2.05, 4.69) is 83.1 Å². The topological polar surface area (TPSA) is 0 Å². The lowest BCUT2D eigenvalue weighted by atomic mass is 9.94. The van der Waals surface area contributed by atoms with E-state index in [0.717, 1.165) is 8.58 Å². The lowest BCUT2D eigenvalue weighted by Crippen LogP contribution is -2.06. The van der Waals surface area contributed by atoms with Crippen LogP contribution in [0.1, 0.15) is 64.0 Å². The zero-order chi connectivity index (χ0) is 16.4. The summed E-state index contributed by atoms with van der Waals surface area (Å²) in [6.07, 6.45) is 3.71. The maximum atomic E-state index is 2.40. The zero-order valence-corrected chi connectivity index (χ0v) is 15.8. The third-order valence-electron chi connectivity index (χ3n) is 3.68. The van der Waals surface area contributed by atoms with Gasteiger partial charge in [0.05, 0.1) is 0 Å². The third-order valence-corrected chi connectivity index (χ3v) is 4.91. The van der Waals surface area contributed by atoms with Crippen molar-refractivity contribution in [3.8, 4) is 0 Å². The second kappa shape index (κ2) is 10.6. The molecule has 1 unspecified atom stereocenters. The normalized spacial score (nSPS) is 10.8. The summed E-state index contributed by atoms with van der Waals surface area (Å²) in [6, 6.07) is 18.0. The second-order valence-corrected chi connectivity index (χ2v) is 7.24. The Morgan fingerprint density at radius 3 is 1.95 bits per heavy atom. The highest BCUT2D eigenvalue weighted by molar-refractivity contribution is 7.55. The van der Waals surface area contributed by atoms with Gasteiger partial charge in [-0.15, -0.1) is 0 Å². The summed E-state index contributed by atoms with van der Waals surface area (Å²) in [7, 11) is 0.765. The van der Waals surface area contributed by atoms with Gasteiger partial charge in [0.15, 0.2) is 0 Å². The van der Waals surface area contributed by atoms with Crippen LogP contribution in [0.3, 0.4) is 0 Å². The summed E-state index contributed by atoms with van der Waals surface area (Å²) in [5.74, 6) is 0.711. The van der Waals surface area contributed by atoms with Crippen LogP contribution in [0.25, 0.3) is 0 Å². The molecule has 0 saturated carbocycles. The van der Waals surface area contributed by atoms with Crippen molar-refractivity contribution in [2.24, 2.45) is 0 Å². The van der Waals surface area contributed by atoms with Gasteiger partial charge in [0.25, 0.3) is 0 Å². The molecule has 0 aromatic heterocycles. The van der Waals surface area contributed by atoms with Crippen molar-refractivity contribution in [3.63, 3.8) is 0 Å². The molecular weight excluding hydrogens is 283 g/mol. The molecule has 0 spiro atoms. The lowest BCUT2D eigenvalue weighted by molar-refractivity contribution is 0.642. The lowest BCUT2D eigenvalue weighted by Gasteiger charge is -2.14. The zero-order valence-electron chi connectivity index (χ0n) is 14.8. The number of rotatable bonds is 5. The SMILES string of the molecule is CCC.CCC(CC)c1cccc(Pc2ccc(C)cc2)c1. The summed E-state index contributed by atoms with van der Waals surface area (Å²) >= 11 is 0. The van der Waals surface area contributed by atoms with E-state index < -0.39 is 0 Å². The van der Waals surface area contributed by atoms with Crippen LogP contribution >= 0.6 is 8.58 Å². The summed E-state index contributed by atoms with van der Waals surface area (Å²) in [4.78, 5) is 0. The van der Waals surface area contributed by atoms with Crippen LogP contribution < -0.4 is 10.6 Å². The van der Waals surface area contributed by atoms with Crippen LogP contribution in [0.15, 0.2) is 48.5 Å². The number of hydrogen-bond donors (Lipinski definition) is 0. The first-order valence-corrected chi connectivity index (χ1v) is 9.58. The fourth-order valence-electron chi connectivity index (χ4n) is 2.43. The summed E-state index contributed by atoms with van der Waals surface area (Å²) in [5.41, 5.74) is 2.83. The summed E-state index contributed by atoms with van der Waals surface area (Å²) in [6.45, 7) is 11.0. The Morgan fingerprint density at radius 2 is 1.41 bits per heavy atom. The molecule has 1 atom stereocenters. The molecule has 2 aromatic carbocycles. The molecule has 0 heterocycles. The van der Waals surface area contributed by atoms with Gasteiger partial charge >= 0.3 is 0 Å². The molecule has 0 aliphatic carbocycles. The van der Waals surface area contributed by atoms with Crippen LogP contribution in [0.2, 0.25) is 0 Å². The monoisotopic (exact) mass is 314 g/mol. The van der Waals surface area contributed by atoms with Gasteiger partial charge in [-0.2, -0.15) is 0 Å². The minimum Gasteiger partial charge on any atom is -0.0656 e. The van der Waals surface area contributed by atoms with Gasteiger partial charge in [0, 0.05) is 0 Å². The van der Waals surface area contributed by atoms with E-state index in [1.54, 1.807) is 0 Å². The fraction of sp³-hybridized carbons (Fsp3) is 0.429. The van der Waals surface area contributed by atoms with Crippen molar-refractivity contribution in [2.75, 3.05) is 0 Å². The van der Waals surface area contributed by atoms with Crippen molar-refractivity contribution < 1.29 is 0 Å². The Kier molecular flexibility index (Phi) is 9.09. The van der Waals surface area contributed by atoms with Crippen molar-refractivity contribution in [1.29, 1.82) is 0 Å². The van der Waals surface area contributed by atoms with Gasteiger partial charge in [-0.05, 0) is 41.9 Å². The molecule has 0 aliphatic heterocycles. The molecule has 1 heteroatoms. The Bertz CT molecular complexity index is 524. The Labute approximate surface area is 139 Å². The van der Waals surface area contributed by atoms with E-state index in [0.29, 0.717) is 5.92 Å². The second-order valence-electron chi connectivity index (χ2n) is 5.84. The molecule has 0 nitrogen and oxygen atoms in total. The van der Waals surface area contributed by atoms with Crippen LogP contribution in [0, 0.1) is 6.92 Å². The third kappa shape index (κ3) is 6.32. The average Bonchev–Trinajstić information content (AvgIpc) is 2.52. The minimum absolute atomic E-state index is 0.711. The van der Waals surface area contributed by atoms with E-state index in [1.165, 1.54) is 41.0 Å². The summed E-state index contributed by atoms with van der Waals surface area (Å²) < 4.78 is 0. The predicted octanol–water partition coefficient (Wildman–Crippen LogP) is 5.94. The fourth-order valence-corrected chi connectivity index (χ4v) is 3.52. The highest BCUT2D eigenvalue weighted by Gasteiger charge is 2.07. The maximum absolute atomic E-state index is 2.40. The van der Waals surface area contributed by atoms with Crippen LogP contribution in [-0.2, 0) is 0 Å². The molecule has 22 heavy (non-hydrogen) atoms. The Balaban J connectivity index is 0.000000745. The van der Waals surface area contributed by atoms with Crippen molar-refractivity contribution in [1.82, 2.24) is 0 Å². The van der Waals surface area contributed by atoms with Gasteiger partial charge in [0.1, 0.15) is 0 Å². The first kappa shape index (κ1) is 18.9. The standard InChI is InChI=1S/C18H23P.C3H8/c1-4-15(5-2)16-7-6-8-18(13-16)19-17-11-9-14(3)10-12-17;1-3-2/h6-13,15,19H,4-5H2,1-3H3;3H2,1-2H3. The molecule has 120 valence electrons. The highest BCUT2D eigenvalue weighted by atomic mass is 31.1. The van der Waals surface area contributed by atoms with Crippen molar-refractivity contribution in [2.45, 2.75) is 59.8 Å². The van der Waals surface area contributed by atoms with Crippen molar-refractivity contribution in [3.05, 3.63) is 59.7 Å². The minimum atomic E-state index is 0.711. The van der Waals surface area contributed by atoms with Crippen LogP contribution in [0.4, 0.5) is 0 Å². The molecule has 0 radical (unpaired) electrons. The molecule has 0 bridgehead atoms. The molecule has 0 fully saturated rings. The van der Waals surface area contributed by atoms with Gasteiger partial charge < -0.3 is 0 Å². The summed E-state index contributed by atoms with van der Waals surface area (Å²) in [5, 5.41) is 2.88. The first-order chi connectivity index (χ1) is 10.6. The van der Waals surface area contributed by atoms with E-state index in [9.17, 15) is 0 Å². The van der Waals surface area contributed by atoms with E-state index in [1.807, 2.05) is 0 Å². The highest BCUT2D eigenvalue weighted by Crippen LogP contribution is 2.23. The molecule has 0 amide bonds. The molecule has 0 aliphatic rings. The maximum Gasteiger partial charge on any atom is -0.0167 e. The largest absolute Gasteiger partial charge is 0.0656 e. The van der Waals surface area contributed by atoms with Gasteiger partial charge in [-0.3, -0.25) is 0 Å². The van der Waals surface area contributed by atoms with Gasteiger partial charge in [-0.1, -0.05) is 96.8 Å². The molecular formula is C21H31P. The van der Waals surface area contributed by atoms with Crippen LogP contribution in [-0.4, -0.2) is 0 Å². The average molecular weight is 314 g/mol. The van der Waals surface area contributed by atoms with E-state index in [-0.39, 0.29) is 0 Å². The predicted molar refractivity (Wildman–Crippen MR) is 104 cm³/mol. The first-order valence-electron chi connectivity index (χ1n) is 8.58. The molecule has 0 saturated heterocycles. The quantitative estimate of drug-likeness (QED) is 0.599. The number of hydrogen-bond acceptors (Lipinski definition) is 0. The smallest absolute Gasteiger partial charge is 0.0167 e. The van der Waals surface area contributed by atoms with Gasteiger partial charge in [0.2, 0.25) is 0 Å². The molecule has 2 aromatic rings. The van der Waals surface area contributed by atoms with Gasteiger partial charge in [-0.25, -0.2) is 0 Å². The molecule has 2 rings (SSSR count). The van der Waals surface area contributed by atoms with Crippen molar-refractivity contribution >= 4 is 19.2 Å². The Morgan fingerprint density at radius 1 is 0.818 bits per heavy atom. The number of benzene rings is 2. The Hall–Kier alpha value is -1.13. The van der Waals surface area contributed by atoms with E-state index in [4.69, 9.17) is 0 Å². The number of aryl methyl sites for hydroxylation is 1. The van der Waals surface area contributed by atoms with E-state index >= 15 is 0 Å². The molecule has 0 N–H and O–H groups in total.